The van der Waals surface area contributed by atoms with Crippen LogP contribution in [-0.2, 0) is 16.6 Å². The number of hydrogen-bond donors (Lipinski definition) is 0. The molecule has 0 aliphatic carbocycles. The maximum Gasteiger partial charge on any atom is 0.244 e. The van der Waals surface area contributed by atoms with Crippen molar-refractivity contribution in [3.63, 3.8) is 0 Å². The summed E-state index contributed by atoms with van der Waals surface area (Å²) in [5.41, 5.74) is 1.90. The molecular formula is C16H17NO3S. The number of aryl methyl sites for hydroxylation is 2. The molecular weight excluding hydrogens is 286 g/mol. The van der Waals surface area contributed by atoms with Gasteiger partial charge in [-0.1, -0.05) is 23.6 Å². The molecule has 21 heavy (non-hydrogen) atoms. The van der Waals surface area contributed by atoms with Gasteiger partial charge in [-0.05, 0) is 37.6 Å². The van der Waals surface area contributed by atoms with Gasteiger partial charge in [0.15, 0.2) is 0 Å². The van der Waals surface area contributed by atoms with E-state index in [0.717, 1.165) is 11.1 Å². The van der Waals surface area contributed by atoms with E-state index in [9.17, 15) is 8.42 Å². The third kappa shape index (κ3) is 3.35. The van der Waals surface area contributed by atoms with Gasteiger partial charge in [0.05, 0.1) is 24.2 Å². The Morgan fingerprint density at radius 3 is 2.38 bits per heavy atom. The summed E-state index contributed by atoms with van der Waals surface area (Å²) in [6.45, 7) is 3.89. The molecule has 2 aromatic rings. The Balaban J connectivity index is 2.35. The minimum Gasteiger partial charge on any atom is -0.468 e. The van der Waals surface area contributed by atoms with Crippen molar-refractivity contribution in [3.05, 3.63) is 53.5 Å². The topological polar surface area (TPSA) is 50.5 Å². The average molecular weight is 303 g/mol. The predicted molar refractivity (Wildman–Crippen MR) is 81.1 cm³/mol. The first-order valence-electron chi connectivity index (χ1n) is 6.48. The molecule has 1 heterocycles. The van der Waals surface area contributed by atoms with Crippen LogP contribution in [0.15, 0.2) is 45.9 Å². The monoisotopic (exact) mass is 303 g/mol. The lowest BCUT2D eigenvalue weighted by Gasteiger charge is -2.19. The number of nitrogens with zero attached hydrogens (tertiary/aromatic N) is 1. The summed E-state index contributed by atoms with van der Waals surface area (Å²) in [5, 5.41) is 0. The molecule has 5 heteroatoms. The zero-order valence-electron chi connectivity index (χ0n) is 12.0. The lowest BCUT2D eigenvalue weighted by molar-refractivity contribution is 0.387. The molecule has 0 aliphatic heterocycles. The highest BCUT2D eigenvalue weighted by Crippen LogP contribution is 2.20. The Bertz CT molecular complexity index is 752. The molecule has 110 valence electrons. The van der Waals surface area contributed by atoms with Gasteiger partial charge in [0.25, 0.3) is 0 Å². The molecule has 0 aliphatic rings. The molecule has 0 radical (unpaired) electrons. The fraction of sp³-hybridized carbons (Fsp3) is 0.250. The molecule has 4 nitrogen and oxygen atoms in total. The third-order valence-electron chi connectivity index (χ3n) is 3.21. The number of benzene rings is 1. The highest BCUT2D eigenvalue weighted by atomic mass is 32.2. The third-order valence-corrected chi connectivity index (χ3v) is 5.02. The van der Waals surface area contributed by atoms with Crippen molar-refractivity contribution in [2.75, 3.05) is 6.54 Å². The molecule has 0 atom stereocenters. The summed E-state index contributed by atoms with van der Waals surface area (Å²) in [7, 11) is -3.64. The van der Waals surface area contributed by atoms with Gasteiger partial charge in [-0.25, -0.2) is 8.42 Å². The maximum atomic E-state index is 12.7. The highest BCUT2D eigenvalue weighted by molar-refractivity contribution is 7.89. The molecule has 1 aromatic carbocycles. The van der Waals surface area contributed by atoms with Gasteiger partial charge in [-0.15, -0.1) is 6.42 Å². The van der Waals surface area contributed by atoms with E-state index in [0.29, 0.717) is 5.76 Å². The van der Waals surface area contributed by atoms with Gasteiger partial charge in [-0.3, -0.25) is 0 Å². The Hall–Kier alpha value is -2.03. The Kier molecular flexibility index (Phi) is 4.51. The molecule has 0 amide bonds. The summed E-state index contributed by atoms with van der Waals surface area (Å²) < 4.78 is 31.9. The quantitative estimate of drug-likeness (QED) is 0.798. The fourth-order valence-corrected chi connectivity index (χ4v) is 3.22. The van der Waals surface area contributed by atoms with Gasteiger partial charge in [0.1, 0.15) is 5.76 Å². The minimum atomic E-state index is -3.64. The first kappa shape index (κ1) is 15.4. The Morgan fingerprint density at radius 1 is 1.19 bits per heavy atom. The van der Waals surface area contributed by atoms with E-state index in [1.165, 1.54) is 10.6 Å². The Morgan fingerprint density at radius 2 is 1.86 bits per heavy atom. The van der Waals surface area contributed by atoms with Gasteiger partial charge < -0.3 is 4.42 Å². The van der Waals surface area contributed by atoms with Crippen LogP contribution in [0.2, 0.25) is 0 Å². The van der Waals surface area contributed by atoms with Crippen LogP contribution in [0.1, 0.15) is 16.9 Å². The standard InChI is InChI=1S/C16H17NO3S/c1-4-10-17(12-16-14(3)9-11-20-16)21(18,19)15-7-5-13(2)6-8-15/h1,5-9,11H,10,12H2,2-3H3. The van der Waals surface area contributed by atoms with Crippen molar-refractivity contribution in [1.82, 2.24) is 4.31 Å². The molecule has 0 fully saturated rings. The van der Waals surface area contributed by atoms with Crippen molar-refractivity contribution >= 4 is 10.0 Å². The fourth-order valence-electron chi connectivity index (χ4n) is 1.91. The number of furan rings is 1. The smallest absolute Gasteiger partial charge is 0.244 e. The molecule has 0 N–H and O–H groups in total. The van der Waals surface area contributed by atoms with Crippen LogP contribution in [0, 0.1) is 26.2 Å². The molecule has 1 aromatic heterocycles. The van der Waals surface area contributed by atoms with Crippen LogP contribution >= 0.6 is 0 Å². The lowest BCUT2D eigenvalue weighted by atomic mass is 10.2. The molecule has 0 saturated carbocycles. The van der Waals surface area contributed by atoms with E-state index < -0.39 is 10.0 Å². The molecule has 0 bridgehead atoms. The van der Waals surface area contributed by atoms with Crippen LogP contribution in [-0.4, -0.2) is 19.3 Å². The minimum absolute atomic E-state index is 0.00362. The van der Waals surface area contributed by atoms with Gasteiger partial charge in [0, 0.05) is 0 Å². The second-order valence-electron chi connectivity index (χ2n) is 4.82. The molecule has 0 unspecified atom stereocenters. The zero-order valence-corrected chi connectivity index (χ0v) is 12.9. The van der Waals surface area contributed by atoms with Crippen molar-refractivity contribution in [1.29, 1.82) is 0 Å². The van der Waals surface area contributed by atoms with Crippen molar-refractivity contribution in [3.8, 4) is 12.3 Å². The van der Waals surface area contributed by atoms with Crippen LogP contribution in [0.4, 0.5) is 0 Å². The van der Waals surface area contributed by atoms with Crippen molar-refractivity contribution < 1.29 is 12.8 Å². The highest BCUT2D eigenvalue weighted by Gasteiger charge is 2.25. The van der Waals surface area contributed by atoms with Crippen LogP contribution < -0.4 is 0 Å². The van der Waals surface area contributed by atoms with E-state index in [-0.39, 0.29) is 18.0 Å². The van der Waals surface area contributed by atoms with E-state index in [2.05, 4.69) is 5.92 Å². The summed E-state index contributed by atoms with van der Waals surface area (Å²) in [4.78, 5) is 0.229. The molecule has 0 saturated heterocycles. The zero-order chi connectivity index (χ0) is 15.5. The molecule has 2 rings (SSSR count). The van der Waals surface area contributed by atoms with E-state index >= 15 is 0 Å². The predicted octanol–water partition coefficient (Wildman–Crippen LogP) is 2.72. The first-order valence-corrected chi connectivity index (χ1v) is 7.92. The second-order valence-corrected chi connectivity index (χ2v) is 6.76. The SMILES string of the molecule is C#CCN(Cc1occc1C)S(=O)(=O)c1ccc(C)cc1. The summed E-state index contributed by atoms with van der Waals surface area (Å²) >= 11 is 0. The van der Waals surface area contributed by atoms with Crippen LogP contribution in [0.3, 0.4) is 0 Å². The first-order chi connectivity index (χ1) is 9.95. The van der Waals surface area contributed by atoms with Gasteiger partial charge in [0.2, 0.25) is 10.0 Å². The van der Waals surface area contributed by atoms with E-state index in [1.54, 1.807) is 30.3 Å². The lowest BCUT2D eigenvalue weighted by Crippen LogP contribution is -2.31. The summed E-state index contributed by atoms with van der Waals surface area (Å²) in [5.74, 6) is 2.99. The summed E-state index contributed by atoms with van der Waals surface area (Å²) in [6, 6.07) is 8.49. The number of sulfonamides is 1. The maximum absolute atomic E-state index is 12.7. The number of terminal acetylenes is 1. The van der Waals surface area contributed by atoms with Crippen molar-refractivity contribution in [2.24, 2.45) is 0 Å². The number of rotatable bonds is 5. The largest absolute Gasteiger partial charge is 0.468 e. The van der Waals surface area contributed by atoms with Crippen LogP contribution in [0.25, 0.3) is 0 Å². The van der Waals surface area contributed by atoms with Gasteiger partial charge in [-0.2, -0.15) is 4.31 Å². The second kappa shape index (κ2) is 6.17. The van der Waals surface area contributed by atoms with Crippen molar-refractivity contribution in [2.45, 2.75) is 25.3 Å². The Labute approximate surface area is 125 Å². The normalized spacial score (nSPS) is 11.5. The van der Waals surface area contributed by atoms with Gasteiger partial charge >= 0.3 is 0 Å². The molecule has 0 spiro atoms. The number of hydrogen-bond acceptors (Lipinski definition) is 3. The van der Waals surface area contributed by atoms with E-state index in [1.807, 2.05) is 13.8 Å². The summed E-state index contributed by atoms with van der Waals surface area (Å²) in [6.07, 6.45) is 6.85. The average Bonchev–Trinajstić information content (AvgIpc) is 2.84. The van der Waals surface area contributed by atoms with E-state index in [4.69, 9.17) is 10.8 Å². The van der Waals surface area contributed by atoms with Crippen LogP contribution in [0.5, 0.6) is 0 Å².